The number of likely N-dealkylation sites (tertiary alicyclic amines) is 1. The van der Waals surface area contributed by atoms with Crippen molar-refractivity contribution in [2.45, 2.75) is 58.9 Å². The summed E-state index contributed by atoms with van der Waals surface area (Å²) in [4.78, 5) is 14.9. The molecule has 1 aliphatic carbocycles. The Morgan fingerprint density at radius 2 is 2.11 bits per heavy atom. The second-order valence-corrected chi connectivity index (χ2v) is 7.18. The third-order valence-electron chi connectivity index (χ3n) is 4.98. The fourth-order valence-corrected chi connectivity index (χ4v) is 3.96. The standard InChI is InChI=1S/C16H29NO2/c1-12-6-7-13-11-16(2,3)15(18)17(14(13)10-12)8-5-9-19-4/h12-14H,5-11H2,1-4H3/t12-,13-,14?/m1/s1. The van der Waals surface area contributed by atoms with E-state index >= 15 is 0 Å². The fourth-order valence-electron chi connectivity index (χ4n) is 3.96. The molecule has 3 heteroatoms. The zero-order valence-corrected chi connectivity index (χ0v) is 12.9. The Balaban J connectivity index is 2.11. The van der Waals surface area contributed by atoms with Crippen LogP contribution in [0.25, 0.3) is 0 Å². The summed E-state index contributed by atoms with van der Waals surface area (Å²) in [5.74, 6) is 1.84. The first-order chi connectivity index (χ1) is 8.95. The predicted molar refractivity (Wildman–Crippen MR) is 76.9 cm³/mol. The highest BCUT2D eigenvalue weighted by molar-refractivity contribution is 5.83. The molecule has 0 spiro atoms. The Morgan fingerprint density at radius 3 is 2.79 bits per heavy atom. The van der Waals surface area contributed by atoms with Crippen LogP contribution in [-0.2, 0) is 9.53 Å². The Labute approximate surface area is 117 Å². The Bertz CT molecular complexity index is 327. The molecule has 1 aliphatic heterocycles. The Morgan fingerprint density at radius 1 is 1.37 bits per heavy atom. The van der Waals surface area contributed by atoms with Crippen LogP contribution in [0.4, 0.5) is 0 Å². The Hall–Kier alpha value is -0.570. The molecule has 0 N–H and O–H groups in total. The van der Waals surface area contributed by atoms with Gasteiger partial charge in [-0.05, 0) is 37.5 Å². The molecule has 1 saturated carbocycles. The molecular formula is C16H29NO2. The van der Waals surface area contributed by atoms with E-state index in [2.05, 4.69) is 25.7 Å². The highest BCUT2D eigenvalue weighted by Crippen LogP contribution is 2.44. The van der Waals surface area contributed by atoms with Crippen LogP contribution in [0.1, 0.15) is 52.9 Å². The van der Waals surface area contributed by atoms with Crippen molar-refractivity contribution in [3.05, 3.63) is 0 Å². The number of hydrogen-bond acceptors (Lipinski definition) is 2. The van der Waals surface area contributed by atoms with E-state index in [0.717, 1.165) is 31.9 Å². The molecule has 0 aromatic carbocycles. The Kier molecular flexibility index (Phi) is 4.54. The number of rotatable bonds is 4. The summed E-state index contributed by atoms with van der Waals surface area (Å²) in [6.45, 7) is 8.18. The summed E-state index contributed by atoms with van der Waals surface area (Å²) in [6, 6.07) is 0.487. The fraction of sp³-hybridized carbons (Fsp3) is 0.938. The molecule has 110 valence electrons. The molecule has 2 rings (SSSR count). The molecule has 2 aliphatic rings. The lowest BCUT2D eigenvalue weighted by Gasteiger charge is -2.51. The first kappa shape index (κ1) is 14.8. The van der Waals surface area contributed by atoms with Gasteiger partial charge in [0.05, 0.1) is 0 Å². The molecule has 1 amide bonds. The van der Waals surface area contributed by atoms with Crippen LogP contribution in [0.15, 0.2) is 0 Å². The van der Waals surface area contributed by atoms with E-state index in [0.29, 0.717) is 17.9 Å². The molecule has 1 saturated heterocycles. The van der Waals surface area contributed by atoms with Crippen LogP contribution in [0.3, 0.4) is 0 Å². The number of piperidine rings is 1. The van der Waals surface area contributed by atoms with E-state index in [4.69, 9.17) is 4.74 Å². The van der Waals surface area contributed by atoms with Crippen LogP contribution in [0, 0.1) is 17.3 Å². The van der Waals surface area contributed by atoms with Gasteiger partial charge in [-0.1, -0.05) is 27.2 Å². The van der Waals surface area contributed by atoms with Crippen molar-refractivity contribution in [1.82, 2.24) is 4.90 Å². The number of fused-ring (bicyclic) bond motifs is 1. The third kappa shape index (κ3) is 3.13. The van der Waals surface area contributed by atoms with Gasteiger partial charge in [-0.25, -0.2) is 0 Å². The minimum absolute atomic E-state index is 0.172. The lowest BCUT2D eigenvalue weighted by Crippen LogP contribution is -2.57. The van der Waals surface area contributed by atoms with Crippen molar-refractivity contribution in [2.24, 2.45) is 17.3 Å². The highest BCUT2D eigenvalue weighted by atomic mass is 16.5. The quantitative estimate of drug-likeness (QED) is 0.733. The largest absolute Gasteiger partial charge is 0.385 e. The number of hydrogen-bond donors (Lipinski definition) is 0. The van der Waals surface area contributed by atoms with Crippen LogP contribution in [0.5, 0.6) is 0 Å². The van der Waals surface area contributed by atoms with Crippen LogP contribution in [0.2, 0.25) is 0 Å². The first-order valence-corrected chi connectivity index (χ1v) is 7.75. The van der Waals surface area contributed by atoms with E-state index in [-0.39, 0.29) is 5.41 Å². The lowest BCUT2D eigenvalue weighted by atomic mass is 9.67. The van der Waals surface area contributed by atoms with Crippen molar-refractivity contribution in [1.29, 1.82) is 0 Å². The molecule has 0 aromatic rings. The van der Waals surface area contributed by atoms with E-state index in [1.165, 1.54) is 19.3 Å². The van der Waals surface area contributed by atoms with E-state index in [1.54, 1.807) is 7.11 Å². The number of carbonyl (C=O) groups excluding carboxylic acids is 1. The number of methoxy groups -OCH3 is 1. The molecule has 1 unspecified atom stereocenters. The van der Waals surface area contributed by atoms with Gasteiger partial charge in [-0.3, -0.25) is 4.79 Å². The maximum absolute atomic E-state index is 12.7. The molecule has 2 fully saturated rings. The van der Waals surface area contributed by atoms with Crippen LogP contribution >= 0.6 is 0 Å². The highest BCUT2D eigenvalue weighted by Gasteiger charge is 2.47. The third-order valence-corrected chi connectivity index (χ3v) is 4.98. The number of amides is 1. The SMILES string of the molecule is COCCCN1C(=O)C(C)(C)C[C@H]2CC[C@@H](C)CC21. The van der Waals surface area contributed by atoms with Gasteiger partial charge in [0.15, 0.2) is 0 Å². The van der Waals surface area contributed by atoms with Crippen molar-refractivity contribution >= 4 is 5.91 Å². The monoisotopic (exact) mass is 267 g/mol. The van der Waals surface area contributed by atoms with Gasteiger partial charge < -0.3 is 9.64 Å². The van der Waals surface area contributed by atoms with Gasteiger partial charge in [0.1, 0.15) is 0 Å². The van der Waals surface area contributed by atoms with Gasteiger partial charge in [-0.15, -0.1) is 0 Å². The molecule has 0 bridgehead atoms. The second-order valence-electron chi connectivity index (χ2n) is 7.18. The number of nitrogens with zero attached hydrogens (tertiary/aromatic N) is 1. The topological polar surface area (TPSA) is 29.5 Å². The molecule has 1 heterocycles. The molecule has 3 atom stereocenters. The van der Waals surface area contributed by atoms with Gasteiger partial charge in [0.2, 0.25) is 5.91 Å². The van der Waals surface area contributed by atoms with Gasteiger partial charge in [-0.2, -0.15) is 0 Å². The maximum Gasteiger partial charge on any atom is 0.228 e. The van der Waals surface area contributed by atoms with E-state index < -0.39 is 0 Å². The van der Waals surface area contributed by atoms with Crippen molar-refractivity contribution in [3.63, 3.8) is 0 Å². The second kappa shape index (κ2) is 5.82. The summed E-state index contributed by atoms with van der Waals surface area (Å²) < 4.78 is 5.14. The van der Waals surface area contributed by atoms with Gasteiger partial charge >= 0.3 is 0 Å². The number of ether oxygens (including phenoxy) is 1. The van der Waals surface area contributed by atoms with Crippen molar-refractivity contribution in [3.8, 4) is 0 Å². The minimum Gasteiger partial charge on any atom is -0.385 e. The van der Waals surface area contributed by atoms with Gasteiger partial charge in [0.25, 0.3) is 0 Å². The van der Waals surface area contributed by atoms with E-state index in [9.17, 15) is 4.79 Å². The summed E-state index contributed by atoms with van der Waals surface area (Å²) in [5.41, 5.74) is -0.172. The van der Waals surface area contributed by atoms with E-state index in [1.807, 2.05) is 0 Å². The average molecular weight is 267 g/mol. The summed E-state index contributed by atoms with van der Waals surface area (Å²) in [7, 11) is 1.73. The lowest BCUT2D eigenvalue weighted by molar-refractivity contribution is -0.154. The summed E-state index contributed by atoms with van der Waals surface area (Å²) in [6.07, 6.45) is 5.85. The molecule has 0 aromatic heterocycles. The molecule has 19 heavy (non-hydrogen) atoms. The summed E-state index contributed by atoms with van der Waals surface area (Å²) >= 11 is 0. The first-order valence-electron chi connectivity index (χ1n) is 7.75. The minimum atomic E-state index is -0.172. The molecule has 3 nitrogen and oxygen atoms in total. The van der Waals surface area contributed by atoms with Crippen LogP contribution in [-0.4, -0.2) is 37.1 Å². The van der Waals surface area contributed by atoms with Gasteiger partial charge in [0, 0.05) is 31.7 Å². The smallest absolute Gasteiger partial charge is 0.228 e. The average Bonchev–Trinajstić information content (AvgIpc) is 2.35. The zero-order valence-electron chi connectivity index (χ0n) is 12.9. The maximum atomic E-state index is 12.7. The molecular weight excluding hydrogens is 238 g/mol. The molecule has 0 radical (unpaired) electrons. The predicted octanol–water partition coefficient (Wildman–Crippen LogP) is 3.09. The van der Waals surface area contributed by atoms with Crippen molar-refractivity contribution < 1.29 is 9.53 Å². The van der Waals surface area contributed by atoms with Crippen molar-refractivity contribution in [2.75, 3.05) is 20.3 Å². The van der Waals surface area contributed by atoms with Crippen LogP contribution < -0.4 is 0 Å². The normalized spacial score (nSPS) is 34.2. The number of carbonyl (C=O) groups is 1. The summed E-state index contributed by atoms with van der Waals surface area (Å²) in [5, 5.41) is 0. The zero-order chi connectivity index (χ0) is 14.0.